The van der Waals surface area contributed by atoms with Gasteiger partial charge >= 0.3 is 0 Å². The number of benzene rings is 2. The Morgan fingerprint density at radius 3 is 2.62 bits per heavy atom. The van der Waals surface area contributed by atoms with Crippen LogP contribution in [0.5, 0.6) is 0 Å². The number of anilines is 3. The predicted molar refractivity (Wildman–Crippen MR) is 87.1 cm³/mol. The Hall–Kier alpha value is -2.29. The predicted octanol–water partition coefficient (Wildman–Crippen LogP) is 4.12. The van der Waals surface area contributed by atoms with Crippen LogP contribution in [0.25, 0.3) is 0 Å². The molecule has 0 fully saturated rings. The van der Waals surface area contributed by atoms with Crippen molar-refractivity contribution in [2.45, 2.75) is 32.7 Å². The molecular formula is C18H20N2O. The smallest absolute Gasteiger partial charge is 0.224 e. The van der Waals surface area contributed by atoms with Crippen molar-refractivity contribution in [1.29, 1.82) is 0 Å². The lowest BCUT2D eigenvalue weighted by molar-refractivity contribution is -0.115. The third-order valence-corrected chi connectivity index (χ3v) is 3.96. The van der Waals surface area contributed by atoms with Gasteiger partial charge in [0.2, 0.25) is 5.91 Å². The highest BCUT2D eigenvalue weighted by Crippen LogP contribution is 2.38. The summed E-state index contributed by atoms with van der Waals surface area (Å²) in [5.41, 5.74) is 4.70. The Balaban J connectivity index is 1.86. The fourth-order valence-corrected chi connectivity index (χ4v) is 2.91. The Labute approximate surface area is 125 Å². The highest BCUT2D eigenvalue weighted by atomic mass is 16.1. The molecule has 0 aromatic heterocycles. The lowest BCUT2D eigenvalue weighted by Crippen LogP contribution is -2.23. The fraction of sp³-hybridized carbons (Fsp3) is 0.278. The van der Waals surface area contributed by atoms with Gasteiger partial charge < -0.3 is 10.2 Å². The number of carbonyl (C=O) groups excluding carboxylic acids is 1. The zero-order valence-corrected chi connectivity index (χ0v) is 12.5. The van der Waals surface area contributed by atoms with Crippen molar-refractivity contribution in [3.05, 3.63) is 54.1 Å². The highest BCUT2D eigenvalue weighted by molar-refractivity contribution is 5.90. The van der Waals surface area contributed by atoms with Gasteiger partial charge in [0.25, 0.3) is 0 Å². The first-order chi connectivity index (χ1) is 10.2. The second kappa shape index (κ2) is 5.60. The molecule has 0 radical (unpaired) electrons. The average Bonchev–Trinajstić information content (AvgIpc) is 2.84. The summed E-state index contributed by atoms with van der Waals surface area (Å²) in [6.45, 7) is 4.10. The molecule has 1 aliphatic heterocycles. The molecule has 0 saturated heterocycles. The Kier molecular flexibility index (Phi) is 3.65. The lowest BCUT2D eigenvalue weighted by atomic mass is 10.1. The Morgan fingerprint density at radius 1 is 1.19 bits per heavy atom. The summed E-state index contributed by atoms with van der Waals surface area (Å²) >= 11 is 0. The van der Waals surface area contributed by atoms with Crippen molar-refractivity contribution < 1.29 is 4.79 Å². The largest absolute Gasteiger partial charge is 0.338 e. The number of nitrogens with one attached hydrogen (secondary N) is 1. The van der Waals surface area contributed by atoms with Crippen LogP contribution in [0.1, 0.15) is 25.8 Å². The monoisotopic (exact) mass is 280 g/mol. The van der Waals surface area contributed by atoms with Gasteiger partial charge in [0.05, 0.1) is 0 Å². The molecule has 0 spiro atoms. The van der Waals surface area contributed by atoms with Crippen LogP contribution < -0.4 is 10.2 Å². The quantitative estimate of drug-likeness (QED) is 0.917. The summed E-state index contributed by atoms with van der Waals surface area (Å²) in [4.78, 5) is 13.8. The molecule has 3 nitrogen and oxygen atoms in total. The summed E-state index contributed by atoms with van der Waals surface area (Å²) in [6, 6.07) is 17.1. The first kappa shape index (κ1) is 13.7. The third kappa shape index (κ3) is 2.64. The standard InChI is InChI=1S/C18H20N2O/c1-3-18(21)19-15-8-10-16(11-9-15)20-13(2)12-14-6-4-5-7-17(14)20/h4-11,13H,3,12H2,1-2H3,(H,19,21). The molecule has 3 heteroatoms. The molecular weight excluding hydrogens is 260 g/mol. The first-order valence-electron chi connectivity index (χ1n) is 7.46. The van der Waals surface area contributed by atoms with E-state index in [2.05, 4.69) is 53.5 Å². The van der Waals surface area contributed by atoms with E-state index in [4.69, 9.17) is 0 Å². The SMILES string of the molecule is CCC(=O)Nc1ccc(N2c3ccccc3CC2C)cc1. The highest BCUT2D eigenvalue weighted by Gasteiger charge is 2.26. The number of fused-ring (bicyclic) bond motifs is 1. The van der Waals surface area contributed by atoms with Crippen LogP contribution in [0.15, 0.2) is 48.5 Å². The van der Waals surface area contributed by atoms with Gasteiger partial charge in [-0.2, -0.15) is 0 Å². The first-order valence-corrected chi connectivity index (χ1v) is 7.46. The molecule has 0 bridgehead atoms. The average molecular weight is 280 g/mol. The number of amides is 1. The van der Waals surface area contributed by atoms with Crippen molar-refractivity contribution in [2.24, 2.45) is 0 Å². The van der Waals surface area contributed by atoms with Gasteiger partial charge in [0.1, 0.15) is 0 Å². The van der Waals surface area contributed by atoms with Gasteiger partial charge in [0, 0.05) is 29.5 Å². The summed E-state index contributed by atoms with van der Waals surface area (Å²) in [5.74, 6) is 0.0441. The summed E-state index contributed by atoms with van der Waals surface area (Å²) in [7, 11) is 0. The topological polar surface area (TPSA) is 32.3 Å². The molecule has 0 saturated carbocycles. The minimum absolute atomic E-state index is 0.0441. The maximum absolute atomic E-state index is 11.4. The van der Waals surface area contributed by atoms with Gasteiger partial charge in [-0.3, -0.25) is 4.79 Å². The van der Waals surface area contributed by atoms with E-state index in [0.717, 1.165) is 12.1 Å². The number of nitrogens with zero attached hydrogens (tertiary/aromatic N) is 1. The molecule has 1 unspecified atom stereocenters. The minimum Gasteiger partial charge on any atom is -0.338 e. The van der Waals surface area contributed by atoms with E-state index in [9.17, 15) is 4.79 Å². The van der Waals surface area contributed by atoms with E-state index >= 15 is 0 Å². The summed E-state index contributed by atoms with van der Waals surface area (Å²) < 4.78 is 0. The van der Waals surface area contributed by atoms with Crippen LogP contribution >= 0.6 is 0 Å². The molecule has 2 aromatic rings. The van der Waals surface area contributed by atoms with Crippen LogP contribution in [0.2, 0.25) is 0 Å². The molecule has 1 atom stereocenters. The number of para-hydroxylation sites is 1. The Bertz CT molecular complexity index is 649. The maximum atomic E-state index is 11.4. The fourth-order valence-electron chi connectivity index (χ4n) is 2.91. The zero-order valence-electron chi connectivity index (χ0n) is 12.5. The molecule has 1 aliphatic rings. The second-order valence-electron chi connectivity index (χ2n) is 5.50. The van der Waals surface area contributed by atoms with Crippen molar-refractivity contribution in [3.63, 3.8) is 0 Å². The van der Waals surface area contributed by atoms with Gasteiger partial charge in [-0.05, 0) is 49.2 Å². The van der Waals surface area contributed by atoms with Gasteiger partial charge in [-0.25, -0.2) is 0 Å². The van der Waals surface area contributed by atoms with Crippen LogP contribution in [-0.4, -0.2) is 11.9 Å². The van der Waals surface area contributed by atoms with E-state index < -0.39 is 0 Å². The minimum atomic E-state index is 0.0441. The molecule has 1 N–H and O–H groups in total. The van der Waals surface area contributed by atoms with Crippen molar-refractivity contribution >= 4 is 23.0 Å². The molecule has 3 rings (SSSR count). The normalized spacial score (nSPS) is 16.7. The van der Waals surface area contributed by atoms with Gasteiger partial charge in [0.15, 0.2) is 0 Å². The number of hydrogen-bond donors (Lipinski definition) is 1. The number of hydrogen-bond acceptors (Lipinski definition) is 2. The van der Waals surface area contributed by atoms with Crippen LogP contribution in [0.3, 0.4) is 0 Å². The van der Waals surface area contributed by atoms with E-state index in [0.29, 0.717) is 12.5 Å². The Morgan fingerprint density at radius 2 is 1.90 bits per heavy atom. The van der Waals surface area contributed by atoms with Crippen molar-refractivity contribution in [1.82, 2.24) is 0 Å². The van der Waals surface area contributed by atoms with E-state index in [1.54, 1.807) is 0 Å². The molecule has 1 heterocycles. The molecule has 2 aromatic carbocycles. The van der Waals surface area contributed by atoms with Crippen molar-refractivity contribution in [3.8, 4) is 0 Å². The van der Waals surface area contributed by atoms with E-state index in [1.165, 1.54) is 16.9 Å². The van der Waals surface area contributed by atoms with Gasteiger partial charge in [-0.1, -0.05) is 25.1 Å². The summed E-state index contributed by atoms with van der Waals surface area (Å²) in [5, 5.41) is 2.88. The van der Waals surface area contributed by atoms with E-state index in [1.807, 2.05) is 19.1 Å². The molecule has 0 aliphatic carbocycles. The van der Waals surface area contributed by atoms with Crippen LogP contribution in [0, 0.1) is 0 Å². The lowest BCUT2D eigenvalue weighted by Gasteiger charge is -2.25. The molecule has 1 amide bonds. The molecule has 108 valence electrons. The van der Waals surface area contributed by atoms with E-state index in [-0.39, 0.29) is 5.91 Å². The van der Waals surface area contributed by atoms with Crippen LogP contribution in [-0.2, 0) is 11.2 Å². The summed E-state index contributed by atoms with van der Waals surface area (Å²) in [6.07, 6.45) is 1.57. The van der Waals surface area contributed by atoms with Crippen molar-refractivity contribution in [2.75, 3.05) is 10.2 Å². The van der Waals surface area contributed by atoms with Gasteiger partial charge in [-0.15, -0.1) is 0 Å². The number of carbonyl (C=O) groups is 1. The molecule has 21 heavy (non-hydrogen) atoms. The van der Waals surface area contributed by atoms with Crippen LogP contribution in [0.4, 0.5) is 17.1 Å². The number of rotatable bonds is 3. The second-order valence-corrected chi connectivity index (χ2v) is 5.50. The zero-order chi connectivity index (χ0) is 14.8. The maximum Gasteiger partial charge on any atom is 0.224 e. The third-order valence-electron chi connectivity index (χ3n) is 3.96.